The molecule has 25 heavy (non-hydrogen) atoms. The van der Waals surface area contributed by atoms with E-state index >= 15 is 0 Å². The van der Waals surface area contributed by atoms with Crippen LogP contribution < -0.4 is 15.4 Å². The summed E-state index contributed by atoms with van der Waals surface area (Å²) in [6.07, 6.45) is -3.52. The van der Waals surface area contributed by atoms with Gasteiger partial charge in [0.25, 0.3) is 0 Å². The van der Waals surface area contributed by atoms with E-state index in [0.717, 1.165) is 11.3 Å². The predicted molar refractivity (Wildman–Crippen MR) is 90.0 cm³/mol. The normalized spacial score (nSPS) is 18.2. The maximum atomic E-state index is 12.4. The summed E-state index contributed by atoms with van der Waals surface area (Å²) in [4.78, 5) is 13.4. The van der Waals surface area contributed by atoms with Gasteiger partial charge in [0.05, 0.1) is 13.2 Å². The molecule has 5 nitrogen and oxygen atoms in total. The lowest BCUT2D eigenvalue weighted by Gasteiger charge is -2.18. The highest BCUT2D eigenvalue weighted by Crippen LogP contribution is 2.23. The Morgan fingerprint density at radius 2 is 2.16 bits per heavy atom. The van der Waals surface area contributed by atoms with Gasteiger partial charge in [-0.2, -0.15) is 13.2 Å². The molecule has 140 valence electrons. The van der Waals surface area contributed by atoms with Gasteiger partial charge in [-0.05, 0) is 56.5 Å². The summed E-state index contributed by atoms with van der Waals surface area (Å²) in [5, 5.41) is 5.49. The van der Waals surface area contributed by atoms with E-state index in [1.165, 1.54) is 4.90 Å². The summed E-state index contributed by atoms with van der Waals surface area (Å²) in [5.74, 6) is 0.774. The van der Waals surface area contributed by atoms with Crippen molar-refractivity contribution < 1.29 is 22.7 Å². The van der Waals surface area contributed by atoms with Crippen molar-refractivity contribution in [3.8, 4) is 5.75 Å². The average Bonchev–Trinajstić information content (AvgIpc) is 2.94. The molecule has 2 amide bonds. The highest BCUT2D eigenvalue weighted by atomic mass is 19.4. The van der Waals surface area contributed by atoms with Crippen LogP contribution in [0, 0.1) is 12.8 Å². The molecule has 0 saturated carbocycles. The van der Waals surface area contributed by atoms with Crippen LogP contribution in [0.15, 0.2) is 18.2 Å². The Bertz CT molecular complexity index is 593. The molecule has 2 N–H and O–H groups in total. The Hall–Kier alpha value is -1.96. The zero-order valence-electron chi connectivity index (χ0n) is 14.4. The number of benzene rings is 1. The smallest absolute Gasteiger partial charge is 0.401 e. The molecule has 8 heteroatoms. The minimum Gasteiger partial charge on any atom is -0.494 e. The minimum atomic E-state index is -4.18. The number of carbonyl (C=O) groups is 1. The second-order valence-electron chi connectivity index (χ2n) is 6.25. The lowest BCUT2D eigenvalue weighted by Crippen LogP contribution is -2.36. The Labute approximate surface area is 145 Å². The van der Waals surface area contributed by atoms with E-state index in [2.05, 4.69) is 10.6 Å². The van der Waals surface area contributed by atoms with Crippen LogP contribution in [0.1, 0.15) is 18.9 Å². The highest BCUT2D eigenvalue weighted by molar-refractivity contribution is 5.90. The number of hydrogen-bond donors (Lipinski definition) is 2. The number of halogens is 3. The summed E-state index contributed by atoms with van der Waals surface area (Å²) in [5.41, 5.74) is 1.55. The van der Waals surface area contributed by atoms with Gasteiger partial charge in [-0.25, -0.2) is 4.79 Å². The minimum absolute atomic E-state index is 0.0366. The van der Waals surface area contributed by atoms with E-state index in [4.69, 9.17) is 4.74 Å². The molecule has 0 spiro atoms. The standard InChI is InChI=1S/C17H24F3N3O2/c1-3-25-14-4-5-15(12(2)8-14)22-16(24)21-9-13-6-7-23(10-13)11-17(18,19)20/h4-5,8,13H,3,6-7,9-11H2,1-2H3,(H2,21,22,24)/t13-/m0/s1. The number of urea groups is 1. The van der Waals surface area contributed by atoms with Crippen molar-refractivity contribution in [1.82, 2.24) is 10.2 Å². The van der Waals surface area contributed by atoms with Crippen LogP contribution in [0.4, 0.5) is 23.7 Å². The molecule has 1 aliphatic rings. The summed E-state index contributed by atoms with van der Waals surface area (Å²) >= 11 is 0. The number of nitrogens with one attached hydrogen (secondary N) is 2. The summed E-state index contributed by atoms with van der Waals surface area (Å²) < 4.78 is 42.5. The Balaban J connectivity index is 1.76. The van der Waals surface area contributed by atoms with Gasteiger partial charge in [0.1, 0.15) is 5.75 Å². The molecule has 1 saturated heterocycles. The number of amides is 2. The molecule has 1 heterocycles. The Morgan fingerprint density at radius 3 is 2.80 bits per heavy atom. The fourth-order valence-electron chi connectivity index (χ4n) is 2.91. The van der Waals surface area contributed by atoms with E-state index in [-0.39, 0.29) is 11.9 Å². The van der Waals surface area contributed by atoms with Crippen molar-refractivity contribution in [2.75, 3.05) is 38.1 Å². The molecule has 0 aliphatic carbocycles. The van der Waals surface area contributed by atoms with Crippen molar-refractivity contribution in [3.05, 3.63) is 23.8 Å². The van der Waals surface area contributed by atoms with Gasteiger partial charge in [0, 0.05) is 18.8 Å². The molecule has 0 unspecified atom stereocenters. The molecular formula is C17H24F3N3O2. The number of hydrogen-bond acceptors (Lipinski definition) is 3. The van der Waals surface area contributed by atoms with Crippen LogP contribution in [0.3, 0.4) is 0 Å². The lowest BCUT2D eigenvalue weighted by atomic mass is 10.1. The average molecular weight is 359 g/mol. The number of nitrogens with zero attached hydrogens (tertiary/aromatic N) is 1. The number of aryl methyl sites for hydroxylation is 1. The number of likely N-dealkylation sites (tertiary alicyclic amines) is 1. The molecule has 1 atom stereocenters. The van der Waals surface area contributed by atoms with Gasteiger partial charge < -0.3 is 15.4 Å². The molecule has 0 radical (unpaired) electrons. The van der Waals surface area contributed by atoms with Gasteiger partial charge in [-0.3, -0.25) is 4.90 Å². The molecule has 1 aromatic rings. The first kappa shape index (κ1) is 19.4. The summed E-state index contributed by atoms with van der Waals surface area (Å²) in [6, 6.07) is 5.02. The summed E-state index contributed by atoms with van der Waals surface area (Å²) in [7, 11) is 0. The van der Waals surface area contributed by atoms with Crippen molar-refractivity contribution in [2.24, 2.45) is 5.92 Å². The van der Waals surface area contributed by atoms with Crippen LogP contribution in [0.25, 0.3) is 0 Å². The van der Waals surface area contributed by atoms with Crippen molar-refractivity contribution >= 4 is 11.7 Å². The second kappa shape index (κ2) is 8.42. The van der Waals surface area contributed by atoms with Gasteiger partial charge in [0.2, 0.25) is 0 Å². The van der Waals surface area contributed by atoms with Gasteiger partial charge in [0.15, 0.2) is 0 Å². The Kier molecular flexibility index (Phi) is 6.52. The fourth-order valence-corrected chi connectivity index (χ4v) is 2.91. The molecular weight excluding hydrogens is 335 g/mol. The van der Waals surface area contributed by atoms with Crippen LogP contribution in [-0.4, -0.2) is 49.9 Å². The van der Waals surface area contributed by atoms with Crippen LogP contribution in [0.2, 0.25) is 0 Å². The predicted octanol–water partition coefficient (Wildman–Crippen LogP) is 3.40. The van der Waals surface area contributed by atoms with E-state index in [0.29, 0.717) is 38.3 Å². The van der Waals surface area contributed by atoms with Crippen molar-refractivity contribution in [3.63, 3.8) is 0 Å². The van der Waals surface area contributed by atoms with Crippen LogP contribution in [-0.2, 0) is 0 Å². The molecule has 1 aliphatic heterocycles. The van der Waals surface area contributed by atoms with Gasteiger partial charge in [-0.15, -0.1) is 0 Å². The maximum absolute atomic E-state index is 12.4. The van der Waals surface area contributed by atoms with E-state index in [1.54, 1.807) is 12.1 Å². The maximum Gasteiger partial charge on any atom is 0.401 e. The third-order valence-corrected chi connectivity index (χ3v) is 4.08. The number of carbonyl (C=O) groups excluding carboxylic acids is 1. The molecule has 2 rings (SSSR count). The first-order chi connectivity index (χ1) is 11.8. The van der Waals surface area contributed by atoms with Gasteiger partial charge in [-0.1, -0.05) is 0 Å². The zero-order chi connectivity index (χ0) is 18.4. The quantitative estimate of drug-likeness (QED) is 0.819. The number of rotatable bonds is 6. The first-order valence-electron chi connectivity index (χ1n) is 8.34. The van der Waals surface area contributed by atoms with Crippen LogP contribution in [0.5, 0.6) is 5.75 Å². The number of alkyl halides is 3. The molecule has 1 fully saturated rings. The number of anilines is 1. The third kappa shape index (κ3) is 6.45. The first-order valence-corrected chi connectivity index (χ1v) is 8.34. The Morgan fingerprint density at radius 1 is 1.40 bits per heavy atom. The van der Waals surface area contributed by atoms with Crippen LogP contribution >= 0.6 is 0 Å². The molecule has 0 bridgehead atoms. The highest BCUT2D eigenvalue weighted by Gasteiger charge is 2.34. The largest absolute Gasteiger partial charge is 0.494 e. The third-order valence-electron chi connectivity index (χ3n) is 4.08. The van der Waals surface area contributed by atoms with E-state index < -0.39 is 12.7 Å². The topological polar surface area (TPSA) is 53.6 Å². The number of ether oxygens (including phenoxy) is 1. The lowest BCUT2D eigenvalue weighted by molar-refractivity contribution is -0.143. The molecule has 0 aromatic heterocycles. The van der Waals surface area contributed by atoms with Gasteiger partial charge >= 0.3 is 12.2 Å². The fraction of sp³-hybridized carbons (Fsp3) is 0.588. The monoisotopic (exact) mass is 359 g/mol. The van der Waals surface area contributed by atoms with E-state index in [1.807, 2.05) is 19.9 Å². The SMILES string of the molecule is CCOc1ccc(NC(=O)NC[C@@H]2CCN(CC(F)(F)F)C2)c(C)c1. The van der Waals surface area contributed by atoms with E-state index in [9.17, 15) is 18.0 Å². The summed E-state index contributed by atoms with van der Waals surface area (Å²) in [6.45, 7) is 4.56. The zero-order valence-corrected chi connectivity index (χ0v) is 14.4. The molecule has 1 aromatic carbocycles. The van der Waals surface area contributed by atoms with Crippen molar-refractivity contribution in [2.45, 2.75) is 26.4 Å². The van der Waals surface area contributed by atoms with Crippen molar-refractivity contribution in [1.29, 1.82) is 0 Å². The second-order valence-corrected chi connectivity index (χ2v) is 6.25.